The van der Waals surface area contributed by atoms with Gasteiger partial charge in [0.05, 0.1) is 11.1 Å². The van der Waals surface area contributed by atoms with Crippen molar-refractivity contribution in [2.24, 2.45) is 10.9 Å². The predicted octanol–water partition coefficient (Wildman–Crippen LogP) is 3.84. The molecule has 0 bridgehead atoms. The number of amidine groups is 1. The van der Waals surface area contributed by atoms with E-state index in [9.17, 15) is 18.0 Å². The molecule has 2 aromatic carbocycles. The highest BCUT2D eigenvalue weighted by Crippen LogP contribution is 2.29. The molecule has 0 aliphatic rings. The number of hydrogen-bond acceptors (Lipinski definition) is 3. The highest BCUT2D eigenvalue weighted by molar-refractivity contribution is 6.30. The number of carbonyl (C=O) groups excluding carboxylic acids is 1. The zero-order valence-electron chi connectivity index (χ0n) is 11.5. The van der Waals surface area contributed by atoms with E-state index in [4.69, 9.17) is 17.3 Å². The van der Waals surface area contributed by atoms with Crippen LogP contribution in [0.1, 0.15) is 21.5 Å². The van der Waals surface area contributed by atoms with Crippen molar-refractivity contribution in [3.63, 3.8) is 0 Å². The number of benzene rings is 2. The third kappa shape index (κ3) is 4.46. The Balaban J connectivity index is 2.16. The smallest absolute Gasteiger partial charge is 0.380 e. The molecule has 0 amide bonds. The number of alkyl halides is 3. The van der Waals surface area contributed by atoms with Gasteiger partial charge in [-0.2, -0.15) is 13.2 Å². The molecule has 0 aliphatic carbocycles. The fraction of sp³-hybridized carbons (Fsp3) is 0.0667. The molecule has 23 heavy (non-hydrogen) atoms. The SMILES string of the molecule is N/C(=N\OC(=O)c1cccc(Cl)c1)c1cccc(C(F)(F)F)c1. The first-order valence-electron chi connectivity index (χ1n) is 6.25. The Morgan fingerprint density at radius 3 is 2.39 bits per heavy atom. The summed E-state index contributed by atoms with van der Waals surface area (Å²) in [6, 6.07) is 10.1. The maximum absolute atomic E-state index is 12.6. The maximum Gasteiger partial charge on any atom is 0.416 e. The van der Waals surface area contributed by atoms with Crippen LogP contribution in [0.15, 0.2) is 53.7 Å². The lowest BCUT2D eigenvalue weighted by Crippen LogP contribution is -2.16. The lowest BCUT2D eigenvalue weighted by atomic mass is 10.1. The summed E-state index contributed by atoms with van der Waals surface area (Å²) >= 11 is 5.73. The molecule has 0 saturated carbocycles. The first-order valence-corrected chi connectivity index (χ1v) is 6.63. The van der Waals surface area contributed by atoms with Crippen molar-refractivity contribution in [2.45, 2.75) is 6.18 Å². The molecule has 0 saturated heterocycles. The number of carbonyl (C=O) groups is 1. The topological polar surface area (TPSA) is 64.7 Å². The molecular formula is C15H10ClF3N2O2. The average molecular weight is 343 g/mol. The Hall–Kier alpha value is -2.54. The monoisotopic (exact) mass is 342 g/mol. The molecule has 0 heterocycles. The standard InChI is InChI=1S/C15H10ClF3N2O2/c16-12-6-2-4-10(8-12)14(22)23-21-13(20)9-3-1-5-11(7-9)15(17,18)19/h1-8H,(H2,20,21). The fourth-order valence-corrected chi connectivity index (χ4v) is 1.86. The van der Waals surface area contributed by atoms with Crippen molar-refractivity contribution in [1.82, 2.24) is 0 Å². The summed E-state index contributed by atoms with van der Waals surface area (Å²) in [5, 5.41) is 3.69. The van der Waals surface area contributed by atoms with Gasteiger partial charge in [0, 0.05) is 10.6 Å². The maximum atomic E-state index is 12.6. The van der Waals surface area contributed by atoms with Crippen LogP contribution >= 0.6 is 11.6 Å². The van der Waals surface area contributed by atoms with E-state index in [1.807, 2.05) is 0 Å². The first kappa shape index (κ1) is 16.8. The number of hydrogen-bond donors (Lipinski definition) is 1. The van der Waals surface area contributed by atoms with E-state index in [1.54, 1.807) is 12.1 Å². The van der Waals surface area contributed by atoms with E-state index in [2.05, 4.69) is 9.99 Å². The van der Waals surface area contributed by atoms with Gasteiger partial charge in [0.15, 0.2) is 5.84 Å². The molecule has 0 spiro atoms. The van der Waals surface area contributed by atoms with Gasteiger partial charge >= 0.3 is 12.1 Å². The van der Waals surface area contributed by atoms with E-state index in [1.165, 1.54) is 24.3 Å². The first-order chi connectivity index (χ1) is 10.8. The van der Waals surface area contributed by atoms with Crippen molar-refractivity contribution in [2.75, 3.05) is 0 Å². The molecule has 2 aromatic rings. The van der Waals surface area contributed by atoms with Crippen molar-refractivity contribution in [3.05, 3.63) is 70.2 Å². The van der Waals surface area contributed by atoms with E-state index >= 15 is 0 Å². The van der Waals surface area contributed by atoms with Crippen molar-refractivity contribution >= 4 is 23.4 Å². The molecule has 0 atom stereocenters. The summed E-state index contributed by atoms with van der Waals surface area (Å²) in [6.45, 7) is 0. The summed E-state index contributed by atoms with van der Waals surface area (Å²) in [5.41, 5.74) is 4.78. The van der Waals surface area contributed by atoms with Crippen LogP contribution in [-0.4, -0.2) is 11.8 Å². The molecule has 0 aliphatic heterocycles. The van der Waals surface area contributed by atoms with Gasteiger partial charge in [-0.1, -0.05) is 35.0 Å². The summed E-state index contributed by atoms with van der Waals surface area (Å²) in [7, 11) is 0. The Labute approximate surface area is 134 Å². The van der Waals surface area contributed by atoms with Crippen molar-refractivity contribution in [1.29, 1.82) is 0 Å². The minimum atomic E-state index is -4.51. The Morgan fingerprint density at radius 2 is 1.74 bits per heavy atom. The lowest BCUT2D eigenvalue weighted by molar-refractivity contribution is -0.137. The van der Waals surface area contributed by atoms with Gasteiger partial charge in [0.25, 0.3) is 0 Å². The van der Waals surface area contributed by atoms with E-state index < -0.39 is 17.7 Å². The molecule has 0 fully saturated rings. The largest absolute Gasteiger partial charge is 0.416 e. The minimum Gasteiger partial charge on any atom is -0.380 e. The second-order valence-electron chi connectivity index (χ2n) is 4.44. The van der Waals surface area contributed by atoms with Gasteiger partial charge in [-0.25, -0.2) is 4.79 Å². The number of oxime groups is 1. The van der Waals surface area contributed by atoms with Crippen molar-refractivity contribution in [3.8, 4) is 0 Å². The number of nitrogens with zero attached hydrogens (tertiary/aromatic N) is 1. The van der Waals surface area contributed by atoms with Gasteiger partial charge in [-0.3, -0.25) is 0 Å². The quantitative estimate of drug-likeness (QED) is 0.399. The van der Waals surface area contributed by atoms with E-state index in [-0.39, 0.29) is 17.0 Å². The molecule has 2 N–H and O–H groups in total. The Bertz CT molecular complexity index is 760. The van der Waals surface area contributed by atoms with Gasteiger partial charge in [-0.05, 0) is 30.3 Å². The molecule has 0 aromatic heterocycles. The van der Waals surface area contributed by atoms with Crippen LogP contribution in [0.5, 0.6) is 0 Å². The zero-order valence-corrected chi connectivity index (χ0v) is 12.2. The van der Waals surface area contributed by atoms with Gasteiger partial charge in [0.2, 0.25) is 0 Å². The van der Waals surface area contributed by atoms with Crippen LogP contribution in [0.3, 0.4) is 0 Å². The van der Waals surface area contributed by atoms with Crippen LogP contribution < -0.4 is 5.73 Å². The summed E-state index contributed by atoms with van der Waals surface area (Å²) < 4.78 is 37.9. The zero-order chi connectivity index (χ0) is 17.0. The second kappa shape index (κ2) is 6.70. The average Bonchev–Trinajstić information content (AvgIpc) is 2.51. The number of nitrogens with two attached hydrogens (primary N) is 1. The molecule has 2 rings (SSSR count). The fourth-order valence-electron chi connectivity index (χ4n) is 1.67. The van der Waals surface area contributed by atoms with Gasteiger partial charge in [-0.15, -0.1) is 0 Å². The highest BCUT2D eigenvalue weighted by atomic mass is 35.5. The van der Waals surface area contributed by atoms with Gasteiger partial charge < -0.3 is 10.6 Å². The normalized spacial score (nSPS) is 12.1. The summed E-state index contributed by atoms with van der Waals surface area (Å²) in [5.74, 6) is -1.19. The minimum absolute atomic E-state index is 0.0151. The molecule has 0 unspecified atom stereocenters. The Kier molecular flexibility index (Phi) is 4.90. The molecule has 120 valence electrons. The van der Waals surface area contributed by atoms with E-state index in [0.29, 0.717) is 5.02 Å². The van der Waals surface area contributed by atoms with Crippen LogP contribution in [-0.2, 0) is 11.0 Å². The summed E-state index contributed by atoms with van der Waals surface area (Å²) in [6.07, 6.45) is -4.51. The predicted molar refractivity (Wildman–Crippen MR) is 79.0 cm³/mol. The summed E-state index contributed by atoms with van der Waals surface area (Å²) in [4.78, 5) is 16.3. The van der Waals surface area contributed by atoms with Crippen LogP contribution in [0.4, 0.5) is 13.2 Å². The number of halogens is 4. The number of rotatable bonds is 3. The third-order valence-corrected chi connectivity index (χ3v) is 3.01. The van der Waals surface area contributed by atoms with Gasteiger partial charge in [0.1, 0.15) is 0 Å². The van der Waals surface area contributed by atoms with E-state index in [0.717, 1.165) is 12.1 Å². The van der Waals surface area contributed by atoms with Crippen molar-refractivity contribution < 1.29 is 22.8 Å². The Morgan fingerprint density at radius 1 is 1.09 bits per heavy atom. The molecular weight excluding hydrogens is 333 g/mol. The van der Waals surface area contributed by atoms with Crippen LogP contribution in [0.25, 0.3) is 0 Å². The van der Waals surface area contributed by atoms with Crippen LogP contribution in [0.2, 0.25) is 5.02 Å². The molecule has 0 radical (unpaired) electrons. The van der Waals surface area contributed by atoms with Crippen LogP contribution in [0, 0.1) is 0 Å². The molecule has 4 nitrogen and oxygen atoms in total. The highest BCUT2D eigenvalue weighted by Gasteiger charge is 2.30. The molecule has 8 heteroatoms. The second-order valence-corrected chi connectivity index (χ2v) is 4.88. The third-order valence-electron chi connectivity index (χ3n) is 2.77. The lowest BCUT2D eigenvalue weighted by Gasteiger charge is -2.08.